The minimum atomic E-state index is -0.998. The number of allylic oxidation sites excluding steroid dienone is 1. The third-order valence-corrected chi connectivity index (χ3v) is 8.48. The molecule has 2 heterocycles. The maximum absolute atomic E-state index is 11.4. The van der Waals surface area contributed by atoms with Crippen molar-refractivity contribution in [2.45, 2.75) is 77.2 Å². The number of hydrogen-bond acceptors (Lipinski definition) is 5. The SMILES string of the molecule is C1CCCC1.C=C1CCC2C3COCOC3CCC2(C)C1CCOc1cnccc1C(=O)O. The molecule has 1 aromatic heterocycles. The normalized spacial score (nSPS) is 33.3. The molecule has 1 aliphatic heterocycles. The standard InChI is InChI=1S/C22H29NO5.C5H10/c1-14-3-4-18-16-12-26-13-28-19(16)5-8-22(18,2)17(14)7-10-27-20-11-23-9-6-15(20)21(24)25;1-2-4-5-3-1/h6,9,11,16-19H,1,3-5,7-8,10,12-13H2,2H3,(H,24,25);1-5H2. The highest BCUT2D eigenvalue weighted by Gasteiger charge is 2.53. The molecular formula is C27H39NO5. The molecule has 1 aromatic rings. The molecule has 6 nitrogen and oxygen atoms in total. The van der Waals surface area contributed by atoms with Crippen molar-refractivity contribution < 1.29 is 24.1 Å². The summed E-state index contributed by atoms with van der Waals surface area (Å²) < 4.78 is 17.4. The predicted molar refractivity (Wildman–Crippen MR) is 126 cm³/mol. The molecule has 0 bridgehead atoms. The average Bonchev–Trinajstić information content (AvgIpc) is 3.41. The molecule has 5 rings (SSSR count). The number of hydrogen-bond donors (Lipinski definition) is 1. The van der Waals surface area contributed by atoms with E-state index in [4.69, 9.17) is 14.2 Å². The van der Waals surface area contributed by atoms with Gasteiger partial charge in [0.25, 0.3) is 0 Å². The van der Waals surface area contributed by atoms with Gasteiger partial charge in [0.2, 0.25) is 0 Å². The first kappa shape index (κ1) is 24.2. The molecule has 1 saturated heterocycles. The summed E-state index contributed by atoms with van der Waals surface area (Å²) in [7, 11) is 0. The number of ether oxygens (including phenoxy) is 3. The highest BCUT2D eigenvalue weighted by Crippen LogP contribution is 2.58. The van der Waals surface area contributed by atoms with Crippen molar-refractivity contribution >= 4 is 5.97 Å². The van der Waals surface area contributed by atoms with Crippen LogP contribution in [0.4, 0.5) is 0 Å². The molecule has 4 aliphatic rings. The number of pyridine rings is 1. The number of nitrogens with zero attached hydrogens (tertiary/aromatic N) is 1. The Kier molecular flexibility index (Phi) is 8.07. The number of carboxylic acids is 1. The Morgan fingerprint density at radius 1 is 1.27 bits per heavy atom. The van der Waals surface area contributed by atoms with Crippen LogP contribution in [0.15, 0.2) is 30.6 Å². The number of aromatic carboxylic acids is 1. The molecule has 0 amide bonds. The van der Waals surface area contributed by atoms with Crippen LogP contribution in [-0.2, 0) is 9.47 Å². The molecule has 4 fully saturated rings. The lowest BCUT2D eigenvalue weighted by Gasteiger charge is -2.57. The minimum absolute atomic E-state index is 0.151. The van der Waals surface area contributed by atoms with Crippen LogP contribution in [0.5, 0.6) is 5.75 Å². The Morgan fingerprint density at radius 2 is 2.03 bits per heavy atom. The summed E-state index contributed by atoms with van der Waals surface area (Å²) in [6.07, 6.45) is 16.0. The monoisotopic (exact) mass is 457 g/mol. The molecule has 6 heteroatoms. The fourth-order valence-electron chi connectivity index (χ4n) is 6.69. The largest absolute Gasteiger partial charge is 0.491 e. The van der Waals surface area contributed by atoms with Crippen LogP contribution in [0.25, 0.3) is 0 Å². The molecule has 5 unspecified atom stereocenters. The summed E-state index contributed by atoms with van der Waals surface area (Å²) in [5, 5.41) is 9.32. The highest BCUT2D eigenvalue weighted by molar-refractivity contribution is 5.90. The van der Waals surface area contributed by atoms with Crippen molar-refractivity contribution in [1.29, 1.82) is 0 Å². The predicted octanol–water partition coefficient (Wildman–Crippen LogP) is 5.87. The van der Waals surface area contributed by atoms with Gasteiger partial charge >= 0.3 is 5.97 Å². The molecule has 1 N–H and O–H groups in total. The fourth-order valence-corrected chi connectivity index (χ4v) is 6.69. The van der Waals surface area contributed by atoms with Crippen molar-refractivity contribution in [2.75, 3.05) is 20.0 Å². The van der Waals surface area contributed by atoms with Gasteiger partial charge in [-0.05, 0) is 55.4 Å². The van der Waals surface area contributed by atoms with Gasteiger partial charge in [0.15, 0.2) is 5.75 Å². The maximum atomic E-state index is 11.4. The van der Waals surface area contributed by atoms with E-state index in [-0.39, 0.29) is 11.0 Å². The van der Waals surface area contributed by atoms with Gasteiger partial charge in [-0.3, -0.25) is 4.98 Å². The summed E-state index contributed by atoms with van der Waals surface area (Å²) in [6, 6.07) is 1.47. The summed E-state index contributed by atoms with van der Waals surface area (Å²) in [5.74, 6) is 0.716. The van der Waals surface area contributed by atoms with Gasteiger partial charge in [0.1, 0.15) is 12.4 Å². The van der Waals surface area contributed by atoms with Crippen molar-refractivity contribution in [1.82, 2.24) is 4.98 Å². The Morgan fingerprint density at radius 3 is 2.76 bits per heavy atom. The Labute approximate surface area is 197 Å². The first-order valence-corrected chi connectivity index (χ1v) is 12.7. The average molecular weight is 458 g/mol. The van der Waals surface area contributed by atoms with E-state index in [9.17, 15) is 9.90 Å². The zero-order valence-electron chi connectivity index (χ0n) is 20.0. The zero-order valence-corrected chi connectivity index (χ0v) is 20.0. The van der Waals surface area contributed by atoms with Crippen LogP contribution < -0.4 is 4.74 Å². The molecule has 33 heavy (non-hydrogen) atoms. The second-order valence-corrected chi connectivity index (χ2v) is 10.3. The van der Waals surface area contributed by atoms with Crippen LogP contribution in [0.2, 0.25) is 0 Å². The fraction of sp³-hybridized carbons (Fsp3) is 0.704. The lowest BCUT2D eigenvalue weighted by molar-refractivity contribution is -0.218. The third kappa shape index (κ3) is 5.43. The second kappa shape index (κ2) is 11.0. The quantitative estimate of drug-likeness (QED) is 0.557. The zero-order chi connectivity index (χ0) is 23.3. The van der Waals surface area contributed by atoms with Crippen LogP contribution in [0, 0.1) is 23.2 Å². The van der Waals surface area contributed by atoms with Gasteiger partial charge in [-0.2, -0.15) is 0 Å². The number of aromatic nitrogens is 1. The van der Waals surface area contributed by atoms with Crippen molar-refractivity contribution in [2.24, 2.45) is 23.2 Å². The molecule has 0 aromatic carbocycles. The lowest BCUT2D eigenvalue weighted by atomic mass is 9.50. The van der Waals surface area contributed by atoms with Crippen molar-refractivity contribution in [3.05, 3.63) is 36.2 Å². The van der Waals surface area contributed by atoms with Gasteiger partial charge in [0, 0.05) is 12.1 Å². The smallest absolute Gasteiger partial charge is 0.339 e. The summed E-state index contributed by atoms with van der Waals surface area (Å²) in [5.41, 5.74) is 1.61. The second-order valence-electron chi connectivity index (χ2n) is 10.3. The number of rotatable bonds is 5. The van der Waals surface area contributed by atoms with Gasteiger partial charge < -0.3 is 19.3 Å². The van der Waals surface area contributed by atoms with E-state index in [2.05, 4.69) is 18.5 Å². The Balaban J connectivity index is 0.000000459. The maximum Gasteiger partial charge on any atom is 0.339 e. The third-order valence-electron chi connectivity index (χ3n) is 8.48. The molecule has 0 radical (unpaired) electrons. The van der Waals surface area contributed by atoms with E-state index in [0.29, 0.717) is 43.0 Å². The van der Waals surface area contributed by atoms with E-state index >= 15 is 0 Å². The van der Waals surface area contributed by atoms with Crippen molar-refractivity contribution in [3.8, 4) is 5.75 Å². The van der Waals surface area contributed by atoms with Crippen LogP contribution in [-0.4, -0.2) is 42.2 Å². The van der Waals surface area contributed by atoms with E-state index in [1.807, 2.05) is 0 Å². The van der Waals surface area contributed by atoms with E-state index < -0.39 is 5.97 Å². The molecule has 182 valence electrons. The first-order valence-electron chi connectivity index (χ1n) is 12.7. The van der Waals surface area contributed by atoms with Crippen LogP contribution in [0.1, 0.15) is 81.5 Å². The molecular weight excluding hydrogens is 418 g/mol. The summed E-state index contributed by atoms with van der Waals surface area (Å²) in [4.78, 5) is 15.4. The summed E-state index contributed by atoms with van der Waals surface area (Å²) in [6.45, 7) is 8.45. The molecule has 5 atom stereocenters. The minimum Gasteiger partial charge on any atom is -0.491 e. The van der Waals surface area contributed by atoms with Gasteiger partial charge in [-0.15, -0.1) is 0 Å². The Bertz CT molecular complexity index is 815. The molecule has 3 saturated carbocycles. The number of fused-ring (bicyclic) bond motifs is 3. The van der Waals surface area contributed by atoms with Gasteiger partial charge in [-0.1, -0.05) is 51.2 Å². The van der Waals surface area contributed by atoms with E-state index in [1.54, 1.807) is 0 Å². The highest BCUT2D eigenvalue weighted by atomic mass is 16.7. The lowest BCUT2D eigenvalue weighted by Crippen LogP contribution is -2.54. The van der Waals surface area contributed by atoms with E-state index in [0.717, 1.165) is 38.7 Å². The topological polar surface area (TPSA) is 77.9 Å². The molecule has 3 aliphatic carbocycles. The van der Waals surface area contributed by atoms with Crippen LogP contribution >= 0.6 is 0 Å². The van der Waals surface area contributed by atoms with E-state index in [1.165, 1.54) is 56.1 Å². The van der Waals surface area contributed by atoms with Crippen LogP contribution in [0.3, 0.4) is 0 Å². The Hall–Kier alpha value is -1.92. The number of carboxylic acid groups (broad SMARTS) is 1. The first-order chi connectivity index (χ1) is 16.0. The number of carbonyl (C=O) groups is 1. The van der Waals surface area contributed by atoms with Crippen molar-refractivity contribution in [3.63, 3.8) is 0 Å². The van der Waals surface area contributed by atoms with Gasteiger partial charge in [0.05, 0.1) is 25.5 Å². The van der Waals surface area contributed by atoms with Gasteiger partial charge in [-0.25, -0.2) is 4.79 Å². The summed E-state index contributed by atoms with van der Waals surface area (Å²) >= 11 is 0. The molecule has 0 spiro atoms.